The lowest BCUT2D eigenvalue weighted by atomic mass is 10.2. The van der Waals surface area contributed by atoms with Gasteiger partial charge in [0.25, 0.3) is 0 Å². The molecule has 0 aromatic carbocycles. The highest BCUT2D eigenvalue weighted by Gasteiger charge is 2.38. The summed E-state index contributed by atoms with van der Waals surface area (Å²) in [6, 6.07) is 2.74. The summed E-state index contributed by atoms with van der Waals surface area (Å²) in [6.07, 6.45) is 3.24. The Kier molecular flexibility index (Phi) is 4.88. The molecule has 0 bridgehead atoms. The molecule has 3 heterocycles. The van der Waals surface area contributed by atoms with Gasteiger partial charge in [-0.15, -0.1) is 0 Å². The van der Waals surface area contributed by atoms with Crippen molar-refractivity contribution >= 4 is 33.4 Å². The topological polar surface area (TPSA) is 105 Å². The number of carbonyl (C=O) groups excluding carboxylic acids is 2. The molecule has 1 N–H and O–H groups in total. The van der Waals surface area contributed by atoms with E-state index in [1.165, 1.54) is 0 Å². The minimum atomic E-state index is -3.66. The van der Waals surface area contributed by atoms with Crippen LogP contribution >= 0.6 is 11.3 Å². The third-order valence-electron chi connectivity index (χ3n) is 4.84. The Morgan fingerprint density at radius 2 is 2.14 bits per heavy atom. The molecule has 2 aliphatic rings. The van der Waals surface area contributed by atoms with Gasteiger partial charge < -0.3 is 5.32 Å². The molecule has 1 aliphatic heterocycles. The van der Waals surface area contributed by atoms with Crippen molar-refractivity contribution in [3.05, 3.63) is 28.6 Å². The van der Waals surface area contributed by atoms with Gasteiger partial charge >= 0.3 is 12.1 Å². The molecular weight excluding hydrogens is 402 g/mol. The van der Waals surface area contributed by atoms with E-state index < -0.39 is 22.1 Å². The van der Waals surface area contributed by atoms with Crippen LogP contribution in [0.25, 0.3) is 11.3 Å². The van der Waals surface area contributed by atoms with E-state index in [1.54, 1.807) is 11.3 Å². The van der Waals surface area contributed by atoms with Crippen molar-refractivity contribution in [2.75, 3.05) is 25.9 Å². The van der Waals surface area contributed by atoms with Crippen LogP contribution in [0, 0.1) is 0 Å². The second-order valence-corrected chi connectivity index (χ2v) is 9.65. The average Bonchev–Trinajstić information content (AvgIpc) is 3.04. The van der Waals surface area contributed by atoms with Crippen LogP contribution in [0.2, 0.25) is 0 Å². The number of carbonyl (C=O) groups is 2. The van der Waals surface area contributed by atoms with Crippen LogP contribution in [-0.2, 0) is 16.6 Å². The van der Waals surface area contributed by atoms with E-state index in [0.717, 1.165) is 40.9 Å². The van der Waals surface area contributed by atoms with Crippen LogP contribution in [0.5, 0.6) is 0 Å². The first-order valence-electron chi connectivity index (χ1n) is 9.02. The third kappa shape index (κ3) is 3.76. The summed E-state index contributed by atoms with van der Waals surface area (Å²) in [7, 11) is -3.66. The van der Waals surface area contributed by atoms with Crippen LogP contribution in [-0.4, -0.2) is 65.4 Å². The van der Waals surface area contributed by atoms with E-state index in [9.17, 15) is 18.0 Å². The summed E-state index contributed by atoms with van der Waals surface area (Å²) in [5.74, 6) is 0.513. The van der Waals surface area contributed by atoms with Gasteiger partial charge in [0.15, 0.2) is 0 Å². The number of aromatic nitrogens is 2. The molecule has 0 unspecified atom stereocenters. The maximum absolute atomic E-state index is 12.3. The second-order valence-electron chi connectivity index (χ2n) is 6.97. The number of nitrogens with zero attached hydrogens (tertiary/aromatic N) is 4. The number of hydrogen-bond donors (Lipinski definition) is 1. The predicted molar refractivity (Wildman–Crippen MR) is 105 cm³/mol. The zero-order chi connectivity index (χ0) is 19.9. The fourth-order valence-electron chi connectivity index (χ4n) is 3.25. The van der Waals surface area contributed by atoms with Crippen molar-refractivity contribution in [2.45, 2.75) is 25.3 Å². The lowest BCUT2D eigenvalue weighted by Gasteiger charge is -2.16. The third-order valence-corrected chi connectivity index (χ3v) is 6.66. The van der Waals surface area contributed by atoms with Gasteiger partial charge in [0.2, 0.25) is 10.0 Å². The maximum Gasteiger partial charge on any atom is 0.341 e. The average molecular weight is 424 g/mol. The molecule has 1 saturated heterocycles. The highest BCUT2D eigenvalue weighted by atomic mass is 32.2. The van der Waals surface area contributed by atoms with E-state index in [4.69, 9.17) is 0 Å². The molecule has 2 fully saturated rings. The molecular formula is C17H21N5O4S2. The Morgan fingerprint density at radius 1 is 1.36 bits per heavy atom. The molecule has 150 valence electrons. The van der Waals surface area contributed by atoms with Crippen LogP contribution in [0.4, 0.5) is 9.59 Å². The number of urea groups is 2. The number of amides is 4. The summed E-state index contributed by atoms with van der Waals surface area (Å²) in [6.45, 7) is 0.820. The van der Waals surface area contributed by atoms with Crippen LogP contribution in [0.3, 0.4) is 0 Å². The SMILES string of the molecule is CS(=O)(=O)N1CCN(C(=O)NCCn2nc(-c3ccsc3)cc2C2CC2)C1=O. The molecule has 9 nitrogen and oxygen atoms in total. The molecule has 0 atom stereocenters. The molecule has 28 heavy (non-hydrogen) atoms. The number of imide groups is 1. The van der Waals surface area contributed by atoms with Crippen molar-refractivity contribution in [3.8, 4) is 11.3 Å². The standard InChI is InChI=1S/C17H21N5O4S2/c1-28(25,26)22-8-7-20(17(22)24)16(23)18-5-6-21-15(12-2-3-12)10-14(19-21)13-4-9-27-11-13/h4,9-12H,2-3,5-8H2,1H3,(H,18,23). The van der Waals surface area contributed by atoms with Gasteiger partial charge in [-0.2, -0.15) is 16.4 Å². The summed E-state index contributed by atoms with van der Waals surface area (Å²) in [5.41, 5.74) is 3.17. The Balaban J connectivity index is 1.38. The zero-order valence-electron chi connectivity index (χ0n) is 15.4. The summed E-state index contributed by atoms with van der Waals surface area (Å²) in [5, 5.41) is 11.4. The van der Waals surface area contributed by atoms with Crippen molar-refractivity contribution in [3.63, 3.8) is 0 Å². The van der Waals surface area contributed by atoms with Crippen LogP contribution in [0.15, 0.2) is 22.9 Å². The zero-order valence-corrected chi connectivity index (χ0v) is 17.0. The normalized spacial score (nSPS) is 17.4. The van der Waals surface area contributed by atoms with Gasteiger partial charge in [-0.3, -0.25) is 4.68 Å². The largest absolute Gasteiger partial charge is 0.341 e. The first-order valence-corrected chi connectivity index (χ1v) is 11.8. The number of thiophene rings is 1. The second kappa shape index (κ2) is 7.21. The Hall–Kier alpha value is -2.40. The number of sulfonamides is 1. The van der Waals surface area contributed by atoms with E-state index in [-0.39, 0.29) is 13.1 Å². The molecule has 1 aliphatic carbocycles. The molecule has 2 aromatic heterocycles. The predicted octanol–water partition coefficient (Wildman–Crippen LogP) is 1.90. The van der Waals surface area contributed by atoms with E-state index >= 15 is 0 Å². The quantitative estimate of drug-likeness (QED) is 0.764. The van der Waals surface area contributed by atoms with E-state index in [2.05, 4.69) is 21.9 Å². The smallest absolute Gasteiger partial charge is 0.336 e. The number of rotatable bonds is 6. The van der Waals surface area contributed by atoms with Gasteiger partial charge in [-0.25, -0.2) is 27.2 Å². The van der Waals surface area contributed by atoms with Crippen molar-refractivity contribution in [2.24, 2.45) is 0 Å². The van der Waals surface area contributed by atoms with Gasteiger partial charge in [0.05, 0.1) is 31.6 Å². The first-order chi connectivity index (χ1) is 13.3. The Morgan fingerprint density at radius 3 is 2.75 bits per heavy atom. The van der Waals surface area contributed by atoms with E-state index in [1.807, 2.05) is 16.1 Å². The monoisotopic (exact) mass is 423 g/mol. The van der Waals surface area contributed by atoms with Gasteiger partial charge in [0.1, 0.15) is 0 Å². The molecule has 4 amide bonds. The fraction of sp³-hybridized carbons (Fsp3) is 0.471. The Bertz CT molecular complexity index is 995. The van der Waals surface area contributed by atoms with Crippen LogP contribution in [0.1, 0.15) is 24.5 Å². The van der Waals surface area contributed by atoms with Gasteiger partial charge in [-0.05, 0) is 30.4 Å². The number of nitrogens with one attached hydrogen (secondary N) is 1. The van der Waals surface area contributed by atoms with Gasteiger partial charge in [0, 0.05) is 29.1 Å². The van der Waals surface area contributed by atoms with Crippen molar-refractivity contribution in [1.82, 2.24) is 24.3 Å². The Labute approximate surface area is 167 Å². The highest BCUT2D eigenvalue weighted by Crippen LogP contribution is 2.41. The minimum Gasteiger partial charge on any atom is -0.336 e. The lowest BCUT2D eigenvalue weighted by Crippen LogP contribution is -2.44. The summed E-state index contributed by atoms with van der Waals surface area (Å²) < 4.78 is 25.7. The molecule has 0 spiro atoms. The van der Waals surface area contributed by atoms with E-state index in [0.29, 0.717) is 23.3 Å². The number of hydrogen-bond acceptors (Lipinski definition) is 6. The summed E-state index contributed by atoms with van der Waals surface area (Å²) in [4.78, 5) is 25.3. The van der Waals surface area contributed by atoms with Crippen molar-refractivity contribution < 1.29 is 18.0 Å². The molecule has 0 radical (unpaired) electrons. The highest BCUT2D eigenvalue weighted by molar-refractivity contribution is 7.88. The summed E-state index contributed by atoms with van der Waals surface area (Å²) >= 11 is 1.62. The maximum atomic E-state index is 12.3. The first kappa shape index (κ1) is 18.9. The van der Waals surface area contributed by atoms with Gasteiger partial charge in [-0.1, -0.05) is 0 Å². The molecule has 1 saturated carbocycles. The fourth-order valence-corrected chi connectivity index (χ4v) is 4.69. The molecule has 11 heteroatoms. The minimum absolute atomic E-state index is 0.0138. The van der Waals surface area contributed by atoms with Crippen LogP contribution < -0.4 is 5.32 Å². The molecule has 4 rings (SSSR count). The lowest BCUT2D eigenvalue weighted by molar-refractivity contribution is 0.193. The molecule has 2 aromatic rings. The van der Waals surface area contributed by atoms with Crippen molar-refractivity contribution in [1.29, 1.82) is 0 Å².